The van der Waals surface area contributed by atoms with Gasteiger partial charge in [-0.2, -0.15) is 0 Å². The van der Waals surface area contributed by atoms with Crippen molar-refractivity contribution in [3.05, 3.63) is 45.8 Å². The molecule has 0 saturated carbocycles. The average molecular weight is 383 g/mol. The second kappa shape index (κ2) is 7.43. The summed E-state index contributed by atoms with van der Waals surface area (Å²) in [5.41, 5.74) is 0.730. The summed E-state index contributed by atoms with van der Waals surface area (Å²) < 4.78 is 14.9. The zero-order chi connectivity index (χ0) is 12.3. The molecule has 2 rings (SSSR count). The van der Waals surface area contributed by atoms with Gasteiger partial charge in [0.2, 0.25) is 0 Å². The third-order valence-electron chi connectivity index (χ3n) is 3.04. The second-order valence-corrected chi connectivity index (χ2v) is 5.38. The van der Waals surface area contributed by atoms with E-state index in [1.807, 2.05) is 12.1 Å². The number of nitrogens with one attached hydrogen (secondary N) is 1. The van der Waals surface area contributed by atoms with E-state index in [0.29, 0.717) is 0 Å². The Kier molecular flexibility index (Phi) is 6.55. The molecule has 0 unspecified atom stereocenters. The molecular formula is C13H17ClFIN2. The number of piperazine rings is 1. The highest BCUT2D eigenvalue weighted by molar-refractivity contribution is 14.1. The summed E-state index contributed by atoms with van der Waals surface area (Å²) in [5, 5.41) is 3.30. The first-order valence-electron chi connectivity index (χ1n) is 5.74. The molecule has 0 bridgehead atoms. The molecule has 1 aliphatic rings. The number of nitrogens with zero attached hydrogens (tertiary/aromatic N) is 1. The van der Waals surface area contributed by atoms with E-state index in [1.54, 1.807) is 6.07 Å². The SMILES string of the molecule is C=C[C@@H](c1cc(I)ccc1F)N1CCNCC1.Cl. The van der Waals surface area contributed by atoms with Crippen LogP contribution in [0.15, 0.2) is 30.9 Å². The molecule has 2 nitrogen and oxygen atoms in total. The molecule has 1 heterocycles. The molecule has 1 aromatic carbocycles. The van der Waals surface area contributed by atoms with Gasteiger partial charge in [0.25, 0.3) is 0 Å². The van der Waals surface area contributed by atoms with Gasteiger partial charge in [-0.05, 0) is 40.8 Å². The Hall–Kier alpha value is -0.170. The standard InChI is InChI=1S/C13H16FIN2.ClH/c1-2-13(17-7-5-16-6-8-17)11-9-10(15)3-4-12(11)14;/h2-4,9,13,16H,1,5-8H2;1H/t13-;/m0./s1. The number of halogens is 3. The van der Waals surface area contributed by atoms with E-state index in [2.05, 4.69) is 39.4 Å². The first kappa shape index (κ1) is 15.9. The molecule has 1 N–H and O–H groups in total. The minimum Gasteiger partial charge on any atom is -0.314 e. The third kappa shape index (κ3) is 3.66. The molecule has 0 aromatic heterocycles. The van der Waals surface area contributed by atoms with Gasteiger partial charge in [0.05, 0.1) is 6.04 Å². The Morgan fingerprint density at radius 1 is 1.39 bits per heavy atom. The number of hydrogen-bond acceptors (Lipinski definition) is 2. The lowest BCUT2D eigenvalue weighted by molar-refractivity contribution is 0.200. The second-order valence-electron chi connectivity index (χ2n) is 4.13. The van der Waals surface area contributed by atoms with Gasteiger partial charge >= 0.3 is 0 Å². The number of rotatable bonds is 3. The van der Waals surface area contributed by atoms with Gasteiger partial charge in [-0.1, -0.05) is 6.08 Å². The van der Waals surface area contributed by atoms with Crippen molar-refractivity contribution in [2.24, 2.45) is 0 Å². The summed E-state index contributed by atoms with van der Waals surface area (Å²) in [6, 6.07) is 5.21. The van der Waals surface area contributed by atoms with E-state index in [0.717, 1.165) is 35.3 Å². The van der Waals surface area contributed by atoms with Crippen LogP contribution >= 0.6 is 35.0 Å². The number of benzene rings is 1. The topological polar surface area (TPSA) is 15.3 Å². The van der Waals surface area contributed by atoms with Crippen LogP contribution in [-0.2, 0) is 0 Å². The van der Waals surface area contributed by atoms with Crippen molar-refractivity contribution in [2.75, 3.05) is 26.2 Å². The van der Waals surface area contributed by atoms with Gasteiger partial charge in [0.1, 0.15) is 5.82 Å². The van der Waals surface area contributed by atoms with Gasteiger partial charge in [-0.25, -0.2) is 4.39 Å². The van der Waals surface area contributed by atoms with Gasteiger partial charge in [-0.15, -0.1) is 19.0 Å². The van der Waals surface area contributed by atoms with Crippen LogP contribution < -0.4 is 5.32 Å². The van der Waals surface area contributed by atoms with Crippen molar-refractivity contribution in [1.82, 2.24) is 10.2 Å². The van der Waals surface area contributed by atoms with Crippen molar-refractivity contribution in [2.45, 2.75) is 6.04 Å². The maximum Gasteiger partial charge on any atom is 0.128 e. The monoisotopic (exact) mass is 382 g/mol. The minimum atomic E-state index is -0.145. The summed E-state index contributed by atoms with van der Waals surface area (Å²) >= 11 is 2.21. The van der Waals surface area contributed by atoms with Crippen molar-refractivity contribution in [1.29, 1.82) is 0 Å². The van der Waals surface area contributed by atoms with Crippen LogP contribution in [0.5, 0.6) is 0 Å². The molecule has 0 amide bonds. The Morgan fingerprint density at radius 2 is 2.06 bits per heavy atom. The lowest BCUT2D eigenvalue weighted by atomic mass is 10.0. The minimum absolute atomic E-state index is 0. The molecule has 1 fully saturated rings. The molecule has 5 heteroatoms. The summed E-state index contributed by atoms with van der Waals surface area (Å²) in [5.74, 6) is -0.145. The predicted octanol–water partition coefficient (Wildman–Crippen LogP) is 2.98. The smallest absolute Gasteiger partial charge is 0.128 e. The summed E-state index contributed by atoms with van der Waals surface area (Å²) in [7, 11) is 0. The first-order valence-corrected chi connectivity index (χ1v) is 6.82. The molecule has 0 spiro atoms. The first-order chi connectivity index (χ1) is 8.22. The van der Waals surface area contributed by atoms with Crippen molar-refractivity contribution < 1.29 is 4.39 Å². The fourth-order valence-corrected chi connectivity index (χ4v) is 2.69. The van der Waals surface area contributed by atoms with E-state index >= 15 is 0 Å². The molecular weight excluding hydrogens is 366 g/mol. The normalized spacial score (nSPS) is 17.9. The molecule has 1 atom stereocenters. The van der Waals surface area contributed by atoms with Crippen LogP contribution in [0.1, 0.15) is 11.6 Å². The molecule has 1 aromatic rings. The molecule has 1 saturated heterocycles. The highest BCUT2D eigenvalue weighted by Gasteiger charge is 2.21. The number of hydrogen-bond donors (Lipinski definition) is 1. The van der Waals surface area contributed by atoms with E-state index in [4.69, 9.17) is 0 Å². The lowest BCUT2D eigenvalue weighted by Crippen LogP contribution is -2.44. The van der Waals surface area contributed by atoms with Crippen molar-refractivity contribution >= 4 is 35.0 Å². The van der Waals surface area contributed by atoms with Gasteiger partial charge in [-0.3, -0.25) is 4.90 Å². The van der Waals surface area contributed by atoms with Crippen molar-refractivity contribution in [3.8, 4) is 0 Å². The van der Waals surface area contributed by atoms with Crippen LogP contribution in [0.25, 0.3) is 0 Å². The lowest BCUT2D eigenvalue weighted by Gasteiger charge is -2.33. The van der Waals surface area contributed by atoms with E-state index < -0.39 is 0 Å². The van der Waals surface area contributed by atoms with Gasteiger partial charge in [0.15, 0.2) is 0 Å². The molecule has 100 valence electrons. The van der Waals surface area contributed by atoms with Crippen LogP contribution in [0.3, 0.4) is 0 Å². The van der Waals surface area contributed by atoms with Crippen molar-refractivity contribution in [3.63, 3.8) is 0 Å². The highest BCUT2D eigenvalue weighted by Crippen LogP contribution is 2.26. The molecule has 18 heavy (non-hydrogen) atoms. The maximum atomic E-state index is 13.9. The molecule has 0 aliphatic carbocycles. The maximum absolute atomic E-state index is 13.9. The van der Waals surface area contributed by atoms with Crippen LogP contribution in [-0.4, -0.2) is 31.1 Å². The Labute approximate surface area is 127 Å². The average Bonchev–Trinajstić information content (AvgIpc) is 2.36. The molecule has 0 radical (unpaired) electrons. The van der Waals surface area contributed by atoms with Crippen LogP contribution in [0, 0.1) is 9.39 Å². The third-order valence-corrected chi connectivity index (χ3v) is 3.72. The van der Waals surface area contributed by atoms with Crippen LogP contribution in [0.2, 0.25) is 0 Å². The van der Waals surface area contributed by atoms with E-state index in [9.17, 15) is 4.39 Å². The Morgan fingerprint density at radius 3 is 2.67 bits per heavy atom. The molecule has 1 aliphatic heterocycles. The van der Waals surface area contributed by atoms with E-state index in [1.165, 1.54) is 6.07 Å². The quantitative estimate of drug-likeness (QED) is 0.639. The Bertz CT molecular complexity index is 408. The summed E-state index contributed by atoms with van der Waals surface area (Å²) in [6.45, 7) is 7.62. The zero-order valence-electron chi connectivity index (χ0n) is 10.0. The fourth-order valence-electron chi connectivity index (χ4n) is 2.17. The predicted molar refractivity (Wildman–Crippen MR) is 83.7 cm³/mol. The van der Waals surface area contributed by atoms with E-state index in [-0.39, 0.29) is 24.3 Å². The largest absolute Gasteiger partial charge is 0.314 e. The summed E-state index contributed by atoms with van der Waals surface area (Å²) in [6.07, 6.45) is 1.83. The van der Waals surface area contributed by atoms with Crippen LogP contribution in [0.4, 0.5) is 4.39 Å². The van der Waals surface area contributed by atoms with Gasteiger partial charge < -0.3 is 5.32 Å². The zero-order valence-corrected chi connectivity index (χ0v) is 13.0. The van der Waals surface area contributed by atoms with Gasteiger partial charge in [0, 0.05) is 35.3 Å². The Balaban J connectivity index is 0.00000162. The fraction of sp³-hybridized carbons (Fsp3) is 0.385. The summed E-state index contributed by atoms with van der Waals surface area (Å²) in [4.78, 5) is 2.26. The highest BCUT2D eigenvalue weighted by atomic mass is 127.